The highest BCUT2D eigenvalue weighted by atomic mass is 16.1. The predicted molar refractivity (Wildman–Crippen MR) is 118 cm³/mol. The molecule has 1 aromatic heterocycles. The van der Waals surface area contributed by atoms with Crippen LogP contribution in [-0.2, 0) is 18.5 Å². The molecule has 1 heterocycles. The van der Waals surface area contributed by atoms with E-state index in [1.807, 2.05) is 18.2 Å². The lowest BCUT2D eigenvalue weighted by Gasteiger charge is -2.19. The van der Waals surface area contributed by atoms with E-state index in [-0.39, 0.29) is 11.3 Å². The lowest BCUT2D eigenvalue weighted by Crippen LogP contribution is -2.23. The Morgan fingerprint density at radius 1 is 1.04 bits per heavy atom. The van der Waals surface area contributed by atoms with Crippen LogP contribution in [0, 0.1) is 12.8 Å². The van der Waals surface area contributed by atoms with Crippen LogP contribution < -0.4 is 5.32 Å². The summed E-state index contributed by atoms with van der Waals surface area (Å²) in [6, 6.07) is 16.7. The van der Waals surface area contributed by atoms with Gasteiger partial charge >= 0.3 is 0 Å². The zero-order valence-corrected chi connectivity index (χ0v) is 18.0. The summed E-state index contributed by atoms with van der Waals surface area (Å²) in [6.45, 7) is 14.7. The number of aryl methyl sites for hydroxylation is 1. The van der Waals surface area contributed by atoms with Crippen LogP contribution in [0.2, 0.25) is 0 Å². The van der Waals surface area contributed by atoms with E-state index in [0.29, 0.717) is 18.0 Å². The average molecular weight is 377 g/mol. The molecule has 3 nitrogen and oxygen atoms in total. The minimum atomic E-state index is -0.0308. The zero-order valence-electron chi connectivity index (χ0n) is 18.0. The van der Waals surface area contributed by atoms with Crippen LogP contribution in [0.1, 0.15) is 61.8 Å². The summed E-state index contributed by atoms with van der Waals surface area (Å²) in [7, 11) is 0. The summed E-state index contributed by atoms with van der Waals surface area (Å²) < 4.78 is 2.31. The van der Waals surface area contributed by atoms with Gasteiger partial charge in [-0.2, -0.15) is 0 Å². The van der Waals surface area contributed by atoms with Gasteiger partial charge in [-0.25, -0.2) is 0 Å². The number of nitrogens with one attached hydrogen (secondary N) is 1. The molecule has 0 aliphatic heterocycles. The molecule has 0 saturated heterocycles. The first-order valence-electron chi connectivity index (χ1n) is 10.1. The molecule has 0 spiro atoms. The molecule has 1 N–H and O–H groups in total. The van der Waals surface area contributed by atoms with E-state index in [2.05, 4.69) is 81.8 Å². The minimum absolute atomic E-state index is 0.0308. The van der Waals surface area contributed by atoms with Gasteiger partial charge in [0.1, 0.15) is 0 Å². The molecule has 0 aliphatic rings. The van der Waals surface area contributed by atoms with Crippen LogP contribution in [-0.4, -0.2) is 10.5 Å². The monoisotopic (exact) mass is 376 g/mol. The van der Waals surface area contributed by atoms with Crippen LogP contribution in [0.3, 0.4) is 0 Å². The van der Waals surface area contributed by atoms with Crippen molar-refractivity contribution in [1.82, 2.24) is 9.88 Å². The Morgan fingerprint density at radius 2 is 1.71 bits per heavy atom. The Labute approximate surface area is 168 Å². The van der Waals surface area contributed by atoms with Crippen molar-refractivity contribution < 1.29 is 4.79 Å². The van der Waals surface area contributed by atoms with Gasteiger partial charge in [0.25, 0.3) is 5.91 Å². The zero-order chi connectivity index (χ0) is 20.5. The molecule has 3 heteroatoms. The first-order chi connectivity index (χ1) is 13.1. The molecule has 28 heavy (non-hydrogen) atoms. The fourth-order valence-corrected chi connectivity index (χ4v) is 3.55. The van der Waals surface area contributed by atoms with Crippen molar-refractivity contribution in [2.24, 2.45) is 5.92 Å². The Hall–Kier alpha value is -2.55. The van der Waals surface area contributed by atoms with Gasteiger partial charge in [-0.15, -0.1) is 0 Å². The number of rotatable bonds is 5. The highest BCUT2D eigenvalue weighted by molar-refractivity contribution is 5.98. The second-order valence-electron chi connectivity index (χ2n) is 9.19. The van der Waals surface area contributed by atoms with E-state index in [1.54, 1.807) is 0 Å². The minimum Gasteiger partial charge on any atom is -0.348 e. The Morgan fingerprint density at radius 3 is 2.32 bits per heavy atom. The molecule has 0 fully saturated rings. The van der Waals surface area contributed by atoms with E-state index in [1.165, 1.54) is 16.6 Å². The number of aromatic nitrogens is 1. The summed E-state index contributed by atoms with van der Waals surface area (Å²) in [5.41, 5.74) is 5.63. The number of nitrogens with zero attached hydrogens (tertiary/aromatic N) is 1. The maximum atomic E-state index is 12.7. The molecule has 3 aromatic rings. The summed E-state index contributed by atoms with van der Waals surface area (Å²) in [4.78, 5) is 12.7. The van der Waals surface area contributed by atoms with Crippen LogP contribution in [0.15, 0.2) is 48.5 Å². The summed E-state index contributed by atoms with van der Waals surface area (Å²) in [5.74, 6) is 0.527. The molecule has 148 valence electrons. The standard InChI is InChI=1S/C25H32N2O/c1-17(2)16-27-18(3)13-20-9-10-21(14-23(20)27)24(28)26-15-19-7-11-22(12-8-19)25(4,5)6/h7-14,17H,15-16H2,1-6H3,(H,26,28). The molecule has 0 atom stereocenters. The van der Waals surface area contributed by atoms with Crippen LogP contribution in [0.5, 0.6) is 0 Å². The molecule has 0 radical (unpaired) electrons. The number of hydrogen-bond acceptors (Lipinski definition) is 1. The van der Waals surface area contributed by atoms with Crippen molar-refractivity contribution in [3.05, 3.63) is 70.9 Å². The topological polar surface area (TPSA) is 34.0 Å². The number of carbonyl (C=O) groups excluding carboxylic acids is 1. The molecule has 3 rings (SSSR count). The second-order valence-corrected chi connectivity index (χ2v) is 9.19. The van der Waals surface area contributed by atoms with Gasteiger partial charge in [-0.05, 0) is 53.0 Å². The van der Waals surface area contributed by atoms with Crippen molar-refractivity contribution in [3.8, 4) is 0 Å². The number of carbonyl (C=O) groups is 1. The Bertz CT molecular complexity index is 972. The van der Waals surface area contributed by atoms with Crippen LogP contribution >= 0.6 is 0 Å². The lowest BCUT2D eigenvalue weighted by molar-refractivity contribution is 0.0951. The molecule has 2 aromatic carbocycles. The lowest BCUT2D eigenvalue weighted by atomic mass is 9.87. The third kappa shape index (κ3) is 4.46. The van der Waals surface area contributed by atoms with E-state index in [9.17, 15) is 4.79 Å². The highest BCUT2D eigenvalue weighted by Crippen LogP contribution is 2.23. The fourth-order valence-electron chi connectivity index (χ4n) is 3.55. The molecule has 0 saturated carbocycles. The smallest absolute Gasteiger partial charge is 0.251 e. The average Bonchev–Trinajstić information content (AvgIpc) is 2.93. The third-order valence-corrected chi connectivity index (χ3v) is 5.19. The second kappa shape index (κ2) is 7.83. The Kier molecular flexibility index (Phi) is 5.64. The fraction of sp³-hybridized carbons (Fsp3) is 0.400. The normalized spacial score (nSPS) is 12.0. The van der Waals surface area contributed by atoms with Crippen molar-refractivity contribution in [2.45, 2.75) is 60.0 Å². The van der Waals surface area contributed by atoms with E-state index in [4.69, 9.17) is 0 Å². The van der Waals surface area contributed by atoms with E-state index >= 15 is 0 Å². The van der Waals surface area contributed by atoms with E-state index < -0.39 is 0 Å². The molecular formula is C25H32N2O. The molecular weight excluding hydrogens is 344 g/mol. The van der Waals surface area contributed by atoms with Crippen molar-refractivity contribution in [3.63, 3.8) is 0 Å². The highest BCUT2D eigenvalue weighted by Gasteiger charge is 2.14. The number of benzene rings is 2. The number of amides is 1. The summed E-state index contributed by atoms with van der Waals surface area (Å²) >= 11 is 0. The van der Waals surface area contributed by atoms with Gasteiger partial charge in [-0.3, -0.25) is 4.79 Å². The van der Waals surface area contributed by atoms with Crippen molar-refractivity contribution in [2.75, 3.05) is 0 Å². The van der Waals surface area contributed by atoms with Crippen LogP contribution in [0.25, 0.3) is 10.9 Å². The SMILES string of the molecule is Cc1cc2ccc(C(=O)NCc3ccc(C(C)(C)C)cc3)cc2n1CC(C)C. The first kappa shape index (κ1) is 20.2. The molecule has 0 aliphatic carbocycles. The largest absolute Gasteiger partial charge is 0.348 e. The molecule has 0 unspecified atom stereocenters. The quantitative estimate of drug-likeness (QED) is 0.597. The van der Waals surface area contributed by atoms with Gasteiger partial charge in [0.15, 0.2) is 0 Å². The molecule has 0 bridgehead atoms. The van der Waals surface area contributed by atoms with Gasteiger partial charge < -0.3 is 9.88 Å². The van der Waals surface area contributed by atoms with Crippen LogP contribution in [0.4, 0.5) is 0 Å². The van der Waals surface area contributed by atoms with Crippen molar-refractivity contribution in [1.29, 1.82) is 0 Å². The van der Waals surface area contributed by atoms with Gasteiger partial charge in [0.05, 0.1) is 0 Å². The first-order valence-corrected chi connectivity index (χ1v) is 10.1. The maximum absolute atomic E-state index is 12.7. The summed E-state index contributed by atoms with van der Waals surface area (Å²) in [6.07, 6.45) is 0. The van der Waals surface area contributed by atoms with E-state index in [0.717, 1.165) is 17.6 Å². The van der Waals surface area contributed by atoms with Crippen molar-refractivity contribution >= 4 is 16.8 Å². The predicted octanol–water partition coefficient (Wildman–Crippen LogP) is 5.83. The molecule has 1 amide bonds. The summed E-state index contributed by atoms with van der Waals surface area (Å²) in [5, 5.41) is 4.24. The number of hydrogen-bond donors (Lipinski definition) is 1. The van der Waals surface area contributed by atoms with Gasteiger partial charge in [0, 0.05) is 29.9 Å². The van der Waals surface area contributed by atoms with Gasteiger partial charge in [-0.1, -0.05) is 65.0 Å². The number of fused-ring (bicyclic) bond motifs is 1. The Balaban J connectivity index is 1.74. The maximum Gasteiger partial charge on any atom is 0.251 e. The third-order valence-electron chi connectivity index (χ3n) is 5.19. The van der Waals surface area contributed by atoms with Gasteiger partial charge in [0.2, 0.25) is 0 Å².